The zero-order valence-electron chi connectivity index (χ0n) is 6.51. The van der Waals surface area contributed by atoms with E-state index in [1.165, 1.54) is 6.07 Å². The molecule has 0 aromatic carbocycles. The molecule has 0 spiro atoms. The molecule has 1 aromatic rings. The van der Waals surface area contributed by atoms with Crippen LogP contribution in [0.4, 0.5) is 13.2 Å². The molecule has 7 heteroatoms. The van der Waals surface area contributed by atoms with Crippen molar-refractivity contribution in [1.82, 2.24) is 4.98 Å². The third kappa shape index (κ3) is 3.33. The lowest BCUT2D eigenvalue weighted by molar-refractivity contribution is -0.276. The van der Waals surface area contributed by atoms with Crippen LogP contribution < -0.4 is 4.74 Å². The van der Waals surface area contributed by atoms with Gasteiger partial charge in [-0.3, -0.25) is 4.79 Å². The third-order valence-corrected chi connectivity index (χ3v) is 1.56. The molecule has 76 valence electrons. The van der Waals surface area contributed by atoms with E-state index >= 15 is 0 Å². The zero-order valence-corrected chi connectivity index (χ0v) is 8.09. The fourth-order valence-corrected chi connectivity index (χ4v) is 1.17. The second-order valence-corrected chi connectivity index (χ2v) is 3.04. The summed E-state index contributed by atoms with van der Waals surface area (Å²) in [6, 6.07) is 2.17. The average molecular weight is 270 g/mol. The van der Waals surface area contributed by atoms with Crippen molar-refractivity contribution in [2.75, 3.05) is 0 Å². The number of aromatic nitrogens is 1. The van der Waals surface area contributed by atoms with Gasteiger partial charge in [-0.15, -0.1) is 13.2 Å². The first-order valence-electron chi connectivity index (χ1n) is 3.29. The molecule has 1 aromatic heterocycles. The molecule has 0 amide bonds. The largest absolute Gasteiger partial charge is 0.574 e. The molecule has 0 radical (unpaired) electrons. The van der Waals surface area contributed by atoms with Crippen LogP contribution in [0.5, 0.6) is 5.88 Å². The van der Waals surface area contributed by atoms with Crippen LogP contribution in [-0.2, 0) is 0 Å². The van der Waals surface area contributed by atoms with Gasteiger partial charge in [0.25, 0.3) is 0 Å². The topological polar surface area (TPSA) is 39.2 Å². The van der Waals surface area contributed by atoms with E-state index in [1.54, 1.807) is 0 Å². The first-order chi connectivity index (χ1) is 6.40. The van der Waals surface area contributed by atoms with Gasteiger partial charge in [-0.2, -0.15) is 0 Å². The van der Waals surface area contributed by atoms with Gasteiger partial charge < -0.3 is 4.74 Å². The van der Waals surface area contributed by atoms with E-state index < -0.39 is 12.2 Å². The fraction of sp³-hybridized carbons (Fsp3) is 0.143. The Hall–Kier alpha value is -1.11. The summed E-state index contributed by atoms with van der Waals surface area (Å²) in [6.07, 6.45) is -4.41. The van der Waals surface area contributed by atoms with Crippen LogP contribution in [0.1, 0.15) is 10.4 Å². The van der Waals surface area contributed by atoms with E-state index in [2.05, 4.69) is 25.7 Å². The van der Waals surface area contributed by atoms with Gasteiger partial charge in [0, 0.05) is 11.6 Å². The number of pyridine rings is 1. The maximum atomic E-state index is 11.7. The van der Waals surface area contributed by atoms with Crippen molar-refractivity contribution in [3.63, 3.8) is 0 Å². The van der Waals surface area contributed by atoms with Crippen molar-refractivity contribution in [3.8, 4) is 5.88 Å². The minimum atomic E-state index is -4.81. The Morgan fingerprint density at radius 3 is 2.57 bits per heavy atom. The van der Waals surface area contributed by atoms with Crippen LogP contribution in [0.25, 0.3) is 0 Å². The molecule has 0 aliphatic carbocycles. The molecule has 0 aliphatic heterocycles. The lowest BCUT2D eigenvalue weighted by Gasteiger charge is -2.07. The molecule has 0 bridgehead atoms. The first kappa shape index (κ1) is 11.0. The van der Waals surface area contributed by atoms with Gasteiger partial charge in [-0.05, 0) is 22.0 Å². The van der Waals surface area contributed by atoms with Crippen LogP contribution in [0.2, 0.25) is 0 Å². The fourth-order valence-electron chi connectivity index (χ4n) is 0.730. The zero-order chi connectivity index (χ0) is 10.8. The summed E-state index contributed by atoms with van der Waals surface area (Å²) in [6.45, 7) is 0. The highest BCUT2D eigenvalue weighted by molar-refractivity contribution is 9.10. The molecule has 0 unspecified atom stereocenters. The van der Waals surface area contributed by atoms with Gasteiger partial charge in [-0.25, -0.2) is 4.98 Å². The Morgan fingerprint density at radius 1 is 1.43 bits per heavy atom. The number of alkyl halides is 3. The Kier molecular flexibility index (Phi) is 3.10. The number of hydrogen-bond acceptors (Lipinski definition) is 3. The lowest BCUT2D eigenvalue weighted by Crippen LogP contribution is -2.18. The van der Waals surface area contributed by atoms with Crippen LogP contribution >= 0.6 is 15.9 Å². The minimum absolute atomic E-state index is 0.0473. The Balaban J connectivity index is 2.98. The van der Waals surface area contributed by atoms with E-state index in [0.29, 0.717) is 6.29 Å². The summed E-state index contributed by atoms with van der Waals surface area (Å²) in [4.78, 5) is 13.7. The van der Waals surface area contributed by atoms with Crippen molar-refractivity contribution in [3.05, 3.63) is 22.3 Å². The van der Waals surface area contributed by atoms with Crippen LogP contribution in [0, 0.1) is 0 Å². The third-order valence-electron chi connectivity index (χ3n) is 1.15. The van der Waals surface area contributed by atoms with Crippen molar-refractivity contribution in [2.45, 2.75) is 6.36 Å². The summed E-state index contributed by atoms with van der Waals surface area (Å²) < 4.78 is 38.9. The van der Waals surface area contributed by atoms with Gasteiger partial charge >= 0.3 is 6.36 Å². The number of hydrogen-bond donors (Lipinski definition) is 0. The smallest absolute Gasteiger partial charge is 0.388 e. The molecule has 14 heavy (non-hydrogen) atoms. The highest BCUT2D eigenvalue weighted by Crippen LogP contribution is 2.23. The maximum absolute atomic E-state index is 11.7. The first-order valence-corrected chi connectivity index (χ1v) is 4.08. The number of halogens is 4. The molecule has 0 fully saturated rings. The molecule has 0 saturated heterocycles. The standard InChI is InChI=1S/C7H3BrF3NO2/c8-5-1-4(3-13)2-6(12-5)14-7(9,10)11/h1-3H. The minimum Gasteiger partial charge on any atom is -0.388 e. The second-order valence-electron chi connectivity index (χ2n) is 2.23. The molecule has 1 heterocycles. The highest BCUT2D eigenvalue weighted by atomic mass is 79.9. The number of aldehydes is 1. The Labute approximate surface area is 85.0 Å². The van der Waals surface area contributed by atoms with Gasteiger partial charge in [0.2, 0.25) is 5.88 Å². The summed E-state index contributed by atoms with van der Waals surface area (Å²) in [7, 11) is 0. The number of carbonyl (C=O) groups is 1. The molecule has 1 rings (SSSR count). The Bertz CT molecular complexity index is 353. The summed E-state index contributed by atoms with van der Waals surface area (Å²) in [5.41, 5.74) is 0.0473. The predicted octanol–water partition coefficient (Wildman–Crippen LogP) is 2.56. The summed E-state index contributed by atoms with van der Waals surface area (Å²) in [5.74, 6) is -0.672. The molecule has 0 saturated carbocycles. The van der Waals surface area contributed by atoms with Crippen molar-refractivity contribution in [2.24, 2.45) is 0 Å². The normalized spacial score (nSPS) is 11.1. The van der Waals surface area contributed by atoms with E-state index in [4.69, 9.17) is 0 Å². The van der Waals surface area contributed by atoms with Gasteiger partial charge in [-0.1, -0.05) is 0 Å². The molecular formula is C7H3BrF3NO2. The van der Waals surface area contributed by atoms with Crippen LogP contribution in [0.15, 0.2) is 16.7 Å². The molecule has 0 aliphatic rings. The van der Waals surface area contributed by atoms with E-state index in [9.17, 15) is 18.0 Å². The second kappa shape index (κ2) is 3.95. The van der Waals surface area contributed by atoms with Crippen LogP contribution in [-0.4, -0.2) is 17.6 Å². The monoisotopic (exact) mass is 269 g/mol. The molecule has 3 nitrogen and oxygen atoms in total. The molecular weight excluding hydrogens is 267 g/mol. The van der Waals surface area contributed by atoms with E-state index in [0.717, 1.165) is 6.07 Å². The SMILES string of the molecule is O=Cc1cc(Br)nc(OC(F)(F)F)c1. The maximum Gasteiger partial charge on any atom is 0.574 e. The Morgan fingerprint density at radius 2 is 2.07 bits per heavy atom. The lowest BCUT2D eigenvalue weighted by atomic mass is 10.3. The molecule has 0 atom stereocenters. The van der Waals surface area contributed by atoms with Crippen LogP contribution in [0.3, 0.4) is 0 Å². The number of ether oxygens (including phenoxy) is 1. The van der Waals surface area contributed by atoms with Crippen molar-refractivity contribution in [1.29, 1.82) is 0 Å². The van der Waals surface area contributed by atoms with Gasteiger partial charge in [0.15, 0.2) is 0 Å². The van der Waals surface area contributed by atoms with E-state index in [1.807, 2.05) is 0 Å². The average Bonchev–Trinajstić information content (AvgIpc) is 1.99. The summed E-state index contributed by atoms with van der Waals surface area (Å²) >= 11 is 2.84. The highest BCUT2D eigenvalue weighted by Gasteiger charge is 2.31. The van der Waals surface area contributed by atoms with Gasteiger partial charge in [0.05, 0.1) is 0 Å². The van der Waals surface area contributed by atoms with Crippen molar-refractivity contribution < 1.29 is 22.7 Å². The molecule has 0 N–H and O–H groups in total. The van der Waals surface area contributed by atoms with E-state index in [-0.39, 0.29) is 10.2 Å². The number of carbonyl (C=O) groups excluding carboxylic acids is 1. The number of nitrogens with zero attached hydrogens (tertiary/aromatic N) is 1. The van der Waals surface area contributed by atoms with Crippen molar-refractivity contribution >= 4 is 22.2 Å². The predicted molar refractivity (Wildman–Crippen MR) is 44.0 cm³/mol. The number of rotatable bonds is 2. The quantitative estimate of drug-likeness (QED) is 0.612. The summed E-state index contributed by atoms with van der Waals surface area (Å²) in [5, 5.41) is 0. The van der Waals surface area contributed by atoms with Gasteiger partial charge in [0.1, 0.15) is 10.9 Å².